The number of aromatic nitrogens is 2. The lowest BCUT2D eigenvalue weighted by atomic mass is 10.0. The summed E-state index contributed by atoms with van der Waals surface area (Å²) in [6.45, 7) is 0. The number of carboxylic acid groups (broad SMARTS) is 1. The van der Waals surface area contributed by atoms with Crippen LogP contribution in [0.2, 0.25) is 5.02 Å². The third-order valence-corrected chi connectivity index (χ3v) is 8.53. The van der Waals surface area contributed by atoms with Gasteiger partial charge in [0.25, 0.3) is 11.8 Å². The Morgan fingerprint density at radius 2 is 2.31 bits per heavy atom. The van der Waals surface area contributed by atoms with E-state index < -0.39 is 29.2 Å². The Balaban J connectivity index is 1.50. The minimum atomic E-state index is -1.26. The zero-order chi connectivity index (χ0) is 25.3. The highest BCUT2D eigenvalue weighted by Crippen LogP contribution is 2.42. The van der Waals surface area contributed by atoms with E-state index in [1.54, 1.807) is 0 Å². The van der Waals surface area contributed by atoms with Crippen molar-refractivity contribution in [1.29, 1.82) is 0 Å². The summed E-state index contributed by atoms with van der Waals surface area (Å²) in [7, 11) is 1.26. The molecule has 16 heteroatoms. The Morgan fingerprint density at radius 3 is 2.97 bits per heavy atom. The molecule has 2 aliphatic heterocycles. The number of halogens is 1. The quantitative estimate of drug-likeness (QED) is 0.106. The number of anilines is 1. The fourth-order valence-corrected chi connectivity index (χ4v) is 6.65. The lowest BCUT2D eigenvalue weighted by molar-refractivity contribution is -0.607. The van der Waals surface area contributed by atoms with Crippen LogP contribution in [0.1, 0.15) is 5.69 Å². The van der Waals surface area contributed by atoms with Gasteiger partial charge in [-0.25, -0.2) is 9.78 Å². The van der Waals surface area contributed by atoms with Crippen molar-refractivity contribution in [3.05, 3.63) is 51.0 Å². The van der Waals surface area contributed by atoms with E-state index in [4.69, 9.17) is 22.2 Å². The minimum absolute atomic E-state index is 0.142. The number of carboxylic acids is 1. The van der Waals surface area contributed by atoms with Crippen molar-refractivity contribution < 1.29 is 29.1 Å². The Labute approximate surface area is 215 Å². The van der Waals surface area contributed by atoms with Gasteiger partial charge in [-0.2, -0.15) is 4.73 Å². The predicted molar refractivity (Wildman–Crippen MR) is 131 cm³/mol. The average Bonchev–Trinajstić information content (AvgIpc) is 3.26. The molecular formula is C19H17ClN6O6S3. The maximum atomic E-state index is 12.9. The van der Waals surface area contributed by atoms with Crippen molar-refractivity contribution >= 4 is 75.1 Å². The van der Waals surface area contributed by atoms with E-state index in [9.17, 15) is 24.7 Å². The van der Waals surface area contributed by atoms with Gasteiger partial charge >= 0.3 is 5.97 Å². The number of aliphatic carboxylic acids is 1. The van der Waals surface area contributed by atoms with Gasteiger partial charge in [0.2, 0.25) is 0 Å². The molecule has 1 saturated heterocycles. The molecule has 4 rings (SSSR count). The number of carbonyl (C=O) groups excluding carboxylic acids is 2. The van der Waals surface area contributed by atoms with E-state index >= 15 is 0 Å². The molecule has 1 unspecified atom stereocenters. The summed E-state index contributed by atoms with van der Waals surface area (Å²) in [6, 6.07) is 0.486. The van der Waals surface area contributed by atoms with Gasteiger partial charge in [0.05, 0.1) is 9.92 Å². The maximum absolute atomic E-state index is 12.9. The van der Waals surface area contributed by atoms with Crippen molar-refractivity contribution in [1.82, 2.24) is 15.2 Å². The molecule has 0 spiro atoms. The molecule has 0 aliphatic carbocycles. The van der Waals surface area contributed by atoms with Crippen molar-refractivity contribution in [3.63, 3.8) is 0 Å². The number of nitrogens with one attached hydrogen (secondary N) is 1. The number of thioether (sulfide) groups is 2. The second kappa shape index (κ2) is 10.3. The molecule has 0 radical (unpaired) electrons. The molecule has 0 bridgehead atoms. The monoisotopic (exact) mass is 556 g/mol. The van der Waals surface area contributed by atoms with Gasteiger partial charge in [0.15, 0.2) is 23.2 Å². The molecule has 35 heavy (non-hydrogen) atoms. The highest BCUT2D eigenvalue weighted by molar-refractivity contribution is 8.01. The average molecular weight is 557 g/mol. The number of amides is 2. The molecule has 2 aliphatic rings. The van der Waals surface area contributed by atoms with Crippen LogP contribution in [0.5, 0.6) is 0 Å². The highest BCUT2D eigenvalue weighted by atomic mass is 35.5. The number of hydrogen-bond donors (Lipinski definition) is 3. The van der Waals surface area contributed by atoms with Crippen LogP contribution < -0.4 is 15.8 Å². The fourth-order valence-electron chi connectivity index (χ4n) is 3.41. The predicted octanol–water partition coefficient (Wildman–Crippen LogP) is 0.894. The van der Waals surface area contributed by atoms with E-state index in [1.165, 1.54) is 54.5 Å². The molecular weight excluding hydrogens is 540 g/mol. The molecule has 2 amide bonds. The van der Waals surface area contributed by atoms with Gasteiger partial charge in [-0.15, -0.1) is 34.9 Å². The van der Waals surface area contributed by atoms with Crippen molar-refractivity contribution in [2.45, 2.75) is 16.3 Å². The zero-order valence-corrected chi connectivity index (χ0v) is 21.0. The lowest BCUT2D eigenvalue weighted by Gasteiger charge is -2.49. The van der Waals surface area contributed by atoms with Crippen molar-refractivity contribution in [3.8, 4) is 0 Å². The number of β-lactam (4-membered cyclic amide) rings is 1. The summed E-state index contributed by atoms with van der Waals surface area (Å²) in [6.07, 6.45) is 2.55. The van der Waals surface area contributed by atoms with Gasteiger partial charge in [-0.3, -0.25) is 14.5 Å². The van der Waals surface area contributed by atoms with Crippen LogP contribution in [0, 0.1) is 5.21 Å². The molecule has 2 atom stereocenters. The van der Waals surface area contributed by atoms with E-state index in [0.29, 0.717) is 26.0 Å². The Kier molecular flexibility index (Phi) is 7.39. The Morgan fingerprint density at radius 1 is 1.54 bits per heavy atom. The first-order valence-corrected chi connectivity index (χ1v) is 13.0. The number of pyridine rings is 1. The number of hydrogen-bond acceptors (Lipinski definition) is 11. The summed E-state index contributed by atoms with van der Waals surface area (Å²) >= 11 is 9.74. The molecule has 184 valence electrons. The number of nitrogens with two attached hydrogens (primary N) is 1. The summed E-state index contributed by atoms with van der Waals surface area (Å²) < 4.78 is 0.597. The molecule has 2 aromatic heterocycles. The standard InChI is InChI=1S/C19H17ClN6O6S3/c1-32-24-12(10-7-35-19(21)22-10)15(27)23-13-16(28)26-14(18(29)30)8(6-34-17(13)26)5-33-11-4-25(31)3-2-9(11)20/h2-4,7,13,17H,5-6H2,1H3,(H2,21,22)(H,23,27)(H,29,30)/b24-12-/t13?,17-/m0/s1. The number of nitrogen functional groups attached to an aromatic ring is 1. The first kappa shape index (κ1) is 25.1. The number of carbonyl (C=O) groups is 3. The lowest BCUT2D eigenvalue weighted by Crippen LogP contribution is -2.71. The SMILES string of the molecule is CO/N=C(\C(=O)NC1C(=O)N2C(C(=O)O)=C(CSc3c[n+]([O-])ccc3Cl)CS[C@@H]12)c1csc(N)n1. The smallest absolute Gasteiger partial charge is 0.352 e. The normalized spacial score (nSPS) is 19.8. The summed E-state index contributed by atoms with van der Waals surface area (Å²) in [5.41, 5.74) is 6.01. The van der Waals surface area contributed by atoms with Crippen LogP contribution in [0.4, 0.5) is 5.13 Å². The van der Waals surface area contributed by atoms with E-state index in [1.807, 2.05) is 0 Å². The fraction of sp³-hybridized carbons (Fsp3) is 0.263. The third-order valence-electron chi connectivity index (χ3n) is 4.95. The van der Waals surface area contributed by atoms with Crippen LogP contribution >= 0.6 is 46.5 Å². The minimum Gasteiger partial charge on any atom is -0.619 e. The van der Waals surface area contributed by atoms with Crippen molar-refractivity contribution in [2.75, 3.05) is 24.3 Å². The van der Waals surface area contributed by atoms with Crippen LogP contribution in [0.15, 0.2) is 45.2 Å². The first-order chi connectivity index (χ1) is 16.7. The Bertz CT molecular complexity index is 1270. The van der Waals surface area contributed by atoms with Crippen LogP contribution in [-0.4, -0.2) is 68.5 Å². The van der Waals surface area contributed by atoms with Gasteiger partial charge in [-0.05, 0) is 5.57 Å². The molecule has 2 aromatic rings. The maximum Gasteiger partial charge on any atom is 0.352 e. The molecule has 4 heterocycles. The van der Waals surface area contributed by atoms with E-state index in [2.05, 4.69) is 15.5 Å². The number of fused-ring (bicyclic) bond motifs is 1. The molecule has 0 saturated carbocycles. The van der Waals surface area contributed by atoms with Gasteiger partial charge in [-0.1, -0.05) is 16.8 Å². The molecule has 4 N–H and O–H groups in total. The number of thiazole rings is 1. The van der Waals surface area contributed by atoms with Crippen molar-refractivity contribution in [2.24, 2.45) is 5.16 Å². The highest BCUT2D eigenvalue weighted by Gasteiger charge is 2.54. The van der Waals surface area contributed by atoms with Gasteiger partial charge in [0.1, 0.15) is 29.9 Å². The summed E-state index contributed by atoms with van der Waals surface area (Å²) in [5, 5.41) is 29.2. The van der Waals surface area contributed by atoms with Gasteiger partial charge < -0.3 is 26.2 Å². The second-order valence-corrected chi connectivity index (χ2v) is 10.5. The van der Waals surface area contributed by atoms with E-state index in [-0.39, 0.29) is 28.0 Å². The summed E-state index contributed by atoms with van der Waals surface area (Å²) in [4.78, 5) is 48.2. The molecule has 0 aromatic carbocycles. The largest absolute Gasteiger partial charge is 0.619 e. The zero-order valence-electron chi connectivity index (χ0n) is 17.8. The number of nitrogens with zero attached hydrogens (tertiary/aromatic N) is 4. The van der Waals surface area contributed by atoms with E-state index in [0.717, 1.165) is 16.2 Å². The molecule has 1 fully saturated rings. The first-order valence-electron chi connectivity index (χ1n) is 9.75. The van der Waals surface area contributed by atoms with Gasteiger partial charge in [0, 0.05) is 23.0 Å². The van der Waals surface area contributed by atoms with Crippen LogP contribution in [-0.2, 0) is 19.2 Å². The molecule has 12 nitrogen and oxygen atoms in total. The topological polar surface area (TPSA) is 174 Å². The van der Waals surface area contributed by atoms with Crippen LogP contribution in [0.3, 0.4) is 0 Å². The second-order valence-electron chi connectivity index (χ2n) is 7.12. The number of rotatable bonds is 8. The summed E-state index contributed by atoms with van der Waals surface area (Å²) in [5.74, 6) is -2.02. The Hall–Kier alpha value is -3.01. The number of oxime groups is 1. The third kappa shape index (κ3) is 5.03. The van der Waals surface area contributed by atoms with Crippen LogP contribution in [0.25, 0.3) is 0 Å².